The molecule has 1 unspecified atom stereocenters. The Balaban J connectivity index is 0.791. The van der Waals surface area contributed by atoms with Gasteiger partial charge in [0.25, 0.3) is 5.56 Å². The topological polar surface area (TPSA) is 152 Å². The molecule has 2 amide bonds. The van der Waals surface area contributed by atoms with Gasteiger partial charge in [-0.1, -0.05) is 36.7 Å². The highest BCUT2D eigenvalue weighted by Crippen LogP contribution is 2.46. The lowest BCUT2D eigenvalue weighted by Gasteiger charge is -2.41. The van der Waals surface area contributed by atoms with Crippen LogP contribution in [-0.2, 0) is 23.7 Å². The van der Waals surface area contributed by atoms with Gasteiger partial charge in [-0.2, -0.15) is 10.1 Å². The molecule has 10 rings (SSSR count). The van der Waals surface area contributed by atoms with E-state index in [9.17, 15) is 14.4 Å². The van der Waals surface area contributed by atoms with Gasteiger partial charge in [0.2, 0.25) is 23.5 Å². The molecule has 17 heteroatoms. The van der Waals surface area contributed by atoms with Gasteiger partial charge < -0.3 is 29.7 Å². The summed E-state index contributed by atoms with van der Waals surface area (Å²) >= 11 is 6.67. The minimum Gasteiger partial charge on any atom is -0.480 e. The SMILES string of the molecule is C[C@@H]1CN(c2ncc(Cl)c(Nc3ccc4c(c3)c3c(c(=O)n4C)OCC(F)(F)[C@H](C4CC4)N3)n2)CC[C@@H]1CN1CCC(c2cccc3c(C4CCC(=O)NC4=O)nn(C)c23)CC1. The standard InChI is InChI=1S/C45H51ClF2N10O4/c1-24-21-58(18-15-27(24)22-57-16-13-25(14-17-57)29-5-4-6-30-36(54-56(3)38(29)30)31-10-12-35(59)51-42(31)60)44-49-20-33(46)41(53-44)50-28-9-11-34-32(19-28)37-39(43(61)55(34)2)62-23-45(47,48)40(52-37)26-7-8-26/h4-6,9,11,19-20,24-27,31,40,52H,7-8,10,12-18,21-23H2,1-3H3,(H,49,50,53)(H,51,59,60)/t24-,27-,31?,40+/m1/s1. The third-order valence-electron chi connectivity index (χ3n) is 14.0. The molecule has 3 saturated heterocycles. The summed E-state index contributed by atoms with van der Waals surface area (Å²) in [7, 11) is 3.56. The molecule has 326 valence electrons. The van der Waals surface area contributed by atoms with Gasteiger partial charge in [-0.3, -0.25) is 24.4 Å². The number of benzene rings is 2. The van der Waals surface area contributed by atoms with Crippen molar-refractivity contribution in [1.29, 1.82) is 0 Å². The van der Waals surface area contributed by atoms with Crippen molar-refractivity contribution in [3.8, 4) is 5.75 Å². The molecule has 0 spiro atoms. The number of pyridine rings is 1. The quantitative estimate of drug-likeness (QED) is 0.143. The van der Waals surface area contributed by atoms with Gasteiger partial charge in [0.15, 0.2) is 12.4 Å². The molecular weight excluding hydrogens is 818 g/mol. The number of aromatic nitrogens is 5. The van der Waals surface area contributed by atoms with Gasteiger partial charge >= 0.3 is 5.92 Å². The van der Waals surface area contributed by atoms with Crippen molar-refractivity contribution < 1.29 is 23.1 Å². The Morgan fingerprint density at radius 2 is 1.81 bits per heavy atom. The number of piperidine rings is 3. The van der Waals surface area contributed by atoms with Gasteiger partial charge in [-0.15, -0.1) is 0 Å². The van der Waals surface area contributed by atoms with Crippen LogP contribution in [0.25, 0.3) is 21.8 Å². The normalized spacial score (nSPS) is 24.6. The Labute approximate surface area is 362 Å². The van der Waals surface area contributed by atoms with E-state index in [4.69, 9.17) is 26.4 Å². The number of hydrogen-bond acceptors (Lipinski definition) is 11. The number of rotatable bonds is 8. The summed E-state index contributed by atoms with van der Waals surface area (Å²) in [5.74, 6) is -2.02. The fourth-order valence-corrected chi connectivity index (χ4v) is 10.5. The van der Waals surface area contributed by atoms with E-state index in [1.165, 1.54) is 10.1 Å². The molecule has 4 aliphatic heterocycles. The summed E-state index contributed by atoms with van der Waals surface area (Å²) in [5, 5.41) is 15.6. The van der Waals surface area contributed by atoms with Crippen molar-refractivity contribution in [3.63, 3.8) is 0 Å². The number of fused-ring (bicyclic) bond motifs is 4. The highest BCUT2D eigenvalue weighted by atomic mass is 35.5. The lowest BCUT2D eigenvalue weighted by Crippen LogP contribution is -2.45. The number of hydrogen-bond donors (Lipinski definition) is 3. The number of para-hydroxylation sites is 1. The summed E-state index contributed by atoms with van der Waals surface area (Å²) in [4.78, 5) is 52.1. The van der Waals surface area contributed by atoms with Gasteiger partial charge in [0.1, 0.15) is 5.02 Å². The van der Waals surface area contributed by atoms with E-state index < -0.39 is 30.0 Å². The maximum absolute atomic E-state index is 15.2. The number of nitrogens with zero attached hydrogens (tertiary/aromatic N) is 7. The molecule has 5 aromatic rings. The molecule has 4 fully saturated rings. The monoisotopic (exact) mass is 868 g/mol. The predicted octanol–water partition coefficient (Wildman–Crippen LogP) is 6.69. The number of imide groups is 1. The van der Waals surface area contributed by atoms with E-state index in [1.54, 1.807) is 19.3 Å². The summed E-state index contributed by atoms with van der Waals surface area (Å²) in [6.45, 7) is 6.09. The van der Waals surface area contributed by atoms with Crippen LogP contribution in [0.3, 0.4) is 0 Å². The number of alkyl halides is 2. The van der Waals surface area contributed by atoms with Crippen LogP contribution >= 0.6 is 11.6 Å². The lowest BCUT2D eigenvalue weighted by molar-refractivity contribution is -0.134. The minimum absolute atomic E-state index is 0.105. The molecule has 14 nitrogen and oxygen atoms in total. The summed E-state index contributed by atoms with van der Waals surface area (Å²) in [6.07, 6.45) is 6.89. The highest BCUT2D eigenvalue weighted by molar-refractivity contribution is 6.33. The second kappa shape index (κ2) is 15.8. The number of amides is 2. The maximum atomic E-state index is 15.2. The second-order valence-corrected chi connectivity index (χ2v) is 18.5. The molecule has 2 aromatic carbocycles. The number of ether oxygens (including phenoxy) is 1. The third-order valence-corrected chi connectivity index (χ3v) is 14.3. The van der Waals surface area contributed by atoms with Crippen molar-refractivity contribution in [3.05, 3.63) is 69.2 Å². The number of aryl methyl sites for hydroxylation is 2. The summed E-state index contributed by atoms with van der Waals surface area (Å²) in [6, 6.07) is 10.6. The number of carbonyl (C=O) groups is 2. The lowest BCUT2D eigenvalue weighted by atomic mass is 9.84. The fraction of sp³-hybridized carbons (Fsp3) is 0.511. The molecule has 7 heterocycles. The fourth-order valence-electron chi connectivity index (χ4n) is 10.4. The molecule has 1 saturated carbocycles. The van der Waals surface area contributed by atoms with Crippen LogP contribution in [0, 0.1) is 17.8 Å². The highest BCUT2D eigenvalue weighted by Gasteiger charge is 2.51. The van der Waals surface area contributed by atoms with Crippen LogP contribution in [0.2, 0.25) is 5.02 Å². The van der Waals surface area contributed by atoms with E-state index in [0.29, 0.717) is 76.8 Å². The van der Waals surface area contributed by atoms with Crippen LogP contribution < -0.4 is 31.1 Å². The summed E-state index contributed by atoms with van der Waals surface area (Å²) in [5.41, 5.74) is 4.12. The first-order valence-corrected chi connectivity index (χ1v) is 22.2. The van der Waals surface area contributed by atoms with Crippen LogP contribution in [0.1, 0.15) is 75.0 Å². The molecule has 5 aliphatic rings. The smallest absolute Gasteiger partial charge is 0.301 e. The van der Waals surface area contributed by atoms with E-state index in [-0.39, 0.29) is 29.2 Å². The second-order valence-electron chi connectivity index (χ2n) is 18.1. The molecule has 1 aliphatic carbocycles. The molecule has 3 aromatic heterocycles. The van der Waals surface area contributed by atoms with Crippen LogP contribution in [0.4, 0.5) is 31.9 Å². The average molecular weight is 869 g/mol. The number of anilines is 4. The Kier molecular flexibility index (Phi) is 10.4. The summed E-state index contributed by atoms with van der Waals surface area (Å²) < 4.78 is 39.2. The Morgan fingerprint density at radius 3 is 2.56 bits per heavy atom. The Morgan fingerprint density at radius 1 is 1.00 bits per heavy atom. The molecule has 0 bridgehead atoms. The molecule has 4 atom stereocenters. The van der Waals surface area contributed by atoms with Crippen LogP contribution in [-0.4, -0.2) is 92.3 Å². The van der Waals surface area contributed by atoms with E-state index in [2.05, 4.69) is 55.9 Å². The third kappa shape index (κ3) is 7.41. The van der Waals surface area contributed by atoms with Crippen molar-refractivity contribution in [2.24, 2.45) is 31.8 Å². The Bertz CT molecular complexity index is 2660. The van der Waals surface area contributed by atoms with Crippen molar-refractivity contribution in [1.82, 2.24) is 34.5 Å². The van der Waals surface area contributed by atoms with E-state index >= 15 is 8.78 Å². The van der Waals surface area contributed by atoms with Crippen molar-refractivity contribution in [2.45, 2.75) is 75.7 Å². The van der Waals surface area contributed by atoms with Crippen LogP contribution in [0.15, 0.2) is 47.4 Å². The number of nitrogens with one attached hydrogen (secondary N) is 3. The average Bonchev–Trinajstić information content (AvgIpc) is 4.06. The van der Waals surface area contributed by atoms with Gasteiger partial charge in [-0.25, -0.2) is 13.8 Å². The predicted molar refractivity (Wildman–Crippen MR) is 234 cm³/mol. The Hall–Kier alpha value is -5.35. The maximum Gasteiger partial charge on any atom is 0.301 e. The first kappa shape index (κ1) is 40.7. The van der Waals surface area contributed by atoms with Crippen molar-refractivity contribution in [2.75, 3.05) is 54.9 Å². The largest absolute Gasteiger partial charge is 0.480 e. The number of likely N-dealkylation sites (tertiary alicyclic amines) is 1. The van der Waals surface area contributed by atoms with Gasteiger partial charge in [-0.05, 0) is 99.0 Å². The van der Waals surface area contributed by atoms with E-state index in [1.807, 2.05) is 23.9 Å². The molecular formula is C45H51ClF2N10O4. The molecule has 0 radical (unpaired) electrons. The minimum atomic E-state index is -3.13. The molecule has 62 heavy (non-hydrogen) atoms. The zero-order valence-electron chi connectivity index (χ0n) is 35.1. The van der Waals surface area contributed by atoms with Crippen molar-refractivity contribution >= 4 is 68.4 Å². The van der Waals surface area contributed by atoms with E-state index in [0.717, 1.165) is 68.6 Å². The number of carbonyl (C=O) groups excluding carboxylic acids is 2. The van der Waals surface area contributed by atoms with Gasteiger partial charge in [0.05, 0.1) is 40.6 Å². The molecule has 3 N–H and O–H groups in total. The zero-order valence-corrected chi connectivity index (χ0v) is 35.9. The first-order chi connectivity index (χ1) is 29.8. The number of halogens is 3. The first-order valence-electron chi connectivity index (χ1n) is 21.8. The van der Waals surface area contributed by atoms with Gasteiger partial charge in [0, 0.05) is 56.6 Å². The van der Waals surface area contributed by atoms with Crippen LogP contribution in [0.5, 0.6) is 5.75 Å². The zero-order chi connectivity index (χ0) is 43.0.